The molecule has 0 aromatic heterocycles. The molecule has 4 heterocycles. The van der Waals surface area contributed by atoms with E-state index < -0.39 is 36.5 Å². The van der Waals surface area contributed by atoms with E-state index in [1.807, 2.05) is 60.7 Å². The molecule has 0 bridgehead atoms. The van der Waals surface area contributed by atoms with E-state index in [2.05, 4.69) is 10.6 Å². The molecule has 6 rings (SSSR count). The molecule has 0 radical (unpaired) electrons. The van der Waals surface area contributed by atoms with Crippen LogP contribution in [0.4, 0.5) is 9.59 Å². The van der Waals surface area contributed by atoms with Gasteiger partial charge >= 0.3 is 12.2 Å². The smallest absolute Gasteiger partial charge is 0.407 e. The summed E-state index contributed by atoms with van der Waals surface area (Å²) in [4.78, 5) is 26.1. The van der Waals surface area contributed by atoms with Crippen molar-refractivity contribution in [3.63, 3.8) is 0 Å². The molecular formula is C32H40N2O9. The molecule has 11 heteroatoms. The number of hydrogen-bond acceptors (Lipinski definition) is 9. The first-order chi connectivity index (χ1) is 21.0. The van der Waals surface area contributed by atoms with E-state index in [-0.39, 0.29) is 43.5 Å². The number of rotatable bonds is 11. The van der Waals surface area contributed by atoms with Crippen LogP contribution in [-0.4, -0.2) is 86.7 Å². The molecule has 0 unspecified atom stereocenters. The summed E-state index contributed by atoms with van der Waals surface area (Å²) < 4.78 is 33.8. The van der Waals surface area contributed by atoms with Crippen LogP contribution in [0.3, 0.4) is 0 Å². The first-order valence-corrected chi connectivity index (χ1v) is 15.2. The quantitative estimate of drug-likeness (QED) is 0.358. The summed E-state index contributed by atoms with van der Waals surface area (Å²) in [6.07, 6.45) is -1.11. The lowest BCUT2D eigenvalue weighted by molar-refractivity contribution is -0.0909. The fourth-order valence-electron chi connectivity index (χ4n) is 6.46. The SMILES string of the molecule is O=C(N[C@@H](Cc1ccccc1)C[C@H](O)[C@H](Cc1ccccc1)NC(=O)O[C@@H]1CO[C@@H]2OCC[C@@H]21)O[C@H]1CO[C@H]2OCC[C@H]21. The summed E-state index contributed by atoms with van der Waals surface area (Å²) in [5.41, 5.74) is 1.94. The second-order valence-electron chi connectivity index (χ2n) is 11.7. The van der Waals surface area contributed by atoms with Crippen molar-refractivity contribution in [1.82, 2.24) is 10.6 Å². The summed E-state index contributed by atoms with van der Waals surface area (Å²) in [5.74, 6) is 0.0239. The van der Waals surface area contributed by atoms with Crippen molar-refractivity contribution in [2.45, 2.75) is 75.1 Å². The van der Waals surface area contributed by atoms with Gasteiger partial charge in [-0.2, -0.15) is 0 Å². The lowest BCUT2D eigenvalue weighted by Gasteiger charge is -2.29. The zero-order valence-electron chi connectivity index (χ0n) is 24.0. The van der Waals surface area contributed by atoms with Gasteiger partial charge < -0.3 is 44.2 Å². The van der Waals surface area contributed by atoms with Crippen molar-refractivity contribution in [3.8, 4) is 0 Å². The average Bonchev–Trinajstić information content (AvgIpc) is 3.79. The second kappa shape index (κ2) is 14.0. The largest absolute Gasteiger partial charge is 0.443 e. The number of amides is 2. The highest BCUT2D eigenvalue weighted by molar-refractivity contribution is 5.68. The van der Waals surface area contributed by atoms with Gasteiger partial charge in [0.15, 0.2) is 12.6 Å². The van der Waals surface area contributed by atoms with E-state index in [9.17, 15) is 14.7 Å². The van der Waals surface area contributed by atoms with Crippen LogP contribution in [0.25, 0.3) is 0 Å². The van der Waals surface area contributed by atoms with Crippen LogP contribution < -0.4 is 10.6 Å². The number of fused-ring (bicyclic) bond motifs is 2. The number of benzene rings is 2. The standard InChI is InChI=1S/C32H40N2O9/c35-26(25(16-21-9-5-2-6-10-21)34-32(37)43-28-19-41-30-24(28)12-14-39-30)17-22(15-20-7-3-1-4-8-20)33-31(36)42-27-18-40-29-23(27)11-13-38-29/h1-10,22-30,35H,11-19H2,(H,33,36)(H,34,37)/t22-,23-,24+,25-,26-,27-,28+,29+,30-/m0/s1. The maximum atomic E-state index is 13.1. The molecular weight excluding hydrogens is 556 g/mol. The molecule has 0 spiro atoms. The zero-order chi connectivity index (χ0) is 29.6. The summed E-state index contributed by atoms with van der Waals surface area (Å²) >= 11 is 0. The minimum absolute atomic E-state index is 0.00468. The molecule has 4 fully saturated rings. The summed E-state index contributed by atoms with van der Waals surface area (Å²) in [6.45, 7) is 1.73. The number of aliphatic hydroxyl groups is 1. The Balaban J connectivity index is 1.12. The molecule has 4 aliphatic heterocycles. The van der Waals surface area contributed by atoms with Crippen LogP contribution in [0, 0.1) is 11.8 Å². The molecule has 2 amide bonds. The van der Waals surface area contributed by atoms with Crippen molar-refractivity contribution < 1.29 is 43.1 Å². The molecule has 11 nitrogen and oxygen atoms in total. The molecule has 4 aliphatic rings. The first kappa shape index (κ1) is 29.8. The highest BCUT2D eigenvalue weighted by Crippen LogP contribution is 2.34. The Morgan fingerprint density at radius 3 is 1.81 bits per heavy atom. The number of ether oxygens (including phenoxy) is 6. The van der Waals surface area contributed by atoms with Gasteiger partial charge in [-0.25, -0.2) is 9.59 Å². The van der Waals surface area contributed by atoms with Crippen LogP contribution in [0.2, 0.25) is 0 Å². The van der Waals surface area contributed by atoms with Gasteiger partial charge in [0.25, 0.3) is 0 Å². The van der Waals surface area contributed by atoms with Crippen molar-refractivity contribution in [2.24, 2.45) is 11.8 Å². The maximum absolute atomic E-state index is 13.1. The predicted molar refractivity (Wildman–Crippen MR) is 153 cm³/mol. The van der Waals surface area contributed by atoms with Gasteiger partial charge in [-0.15, -0.1) is 0 Å². The van der Waals surface area contributed by atoms with Gasteiger partial charge in [0.1, 0.15) is 12.2 Å². The van der Waals surface area contributed by atoms with Crippen LogP contribution >= 0.6 is 0 Å². The third-order valence-electron chi connectivity index (χ3n) is 8.73. The van der Waals surface area contributed by atoms with Gasteiger partial charge in [0, 0.05) is 6.04 Å². The molecule has 43 heavy (non-hydrogen) atoms. The van der Waals surface area contributed by atoms with Crippen molar-refractivity contribution in [1.29, 1.82) is 0 Å². The number of aliphatic hydroxyl groups excluding tert-OH is 1. The zero-order valence-corrected chi connectivity index (χ0v) is 24.0. The van der Waals surface area contributed by atoms with Crippen molar-refractivity contribution in [2.75, 3.05) is 26.4 Å². The highest BCUT2D eigenvalue weighted by atomic mass is 16.7. The summed E-state index contributed by atoms with van der Waals surface area (Å²) in [6, 6.07) is 18.2. The first-order valence-electron chi connectivity index (χ1n) is 15.2. The molecule has 0 aliphatic carbocycles. The van der Waals surface area contributed by atoms with Crippen molar-refractivity contribution >= 4 is 12.2 Å². The molecule has 3 N–H and O–H groups in total. The summed E-state index contributed by atoms with van der Waals surface area (Å²) in [5, 5.41) is 17.4. The molecule has 9 atom stereocenters. The van der Waals surface area contributed by atoms with Gasteiger partial charge in [-0.3, -0.25) is 0 Å². The summed E-state index contributed by atoms with van der Waals surface area (Å²) in [7, 11) is 0. The third-order valence-corrected chi connectivity index (χ3v) is 8.73. The monoisotopic (exact) mass is 596 g/mol. The number of carbonyl (C=O) groups is 2. The normalized spacial score (nSPS) is 29.7. The molecule has 0 saturated carbocycles. The fraction of sp³-hybridized carbons (Fsp3) is 0.562. The van der Waals surface area contributed by atoms with Crippen LogP contribution in [0.1, 0.15) is 30.4 Å². The minimum atomic E-state index is -1.01. The number of nitrogens with one attached hydrogen (secondary N) is 2. The van der Waals surface area contributed by atoms with E-state index in [1.165, 1.54) is 0 Å². The van der Waals surface area contributed by atoms with E-state index in [0.29, 0.717) is 32.7 Å². The number of alkyl carbamates (subject to hydrolysis) is 2. The minimum Gasteiger partial charge on any atom is -0.443 e. The molecule has 4 saturated heterocycles. The Morgan fingerprint density at radius 2 is 1.26 bits per heavy atom. The Bertz CT molecular complexity index is 1200. The topological polar surface area (TPSA) is 134 Å². The van der Waals surface area contributed by atoms with Gasteiger partial charge in [-0.05, 0) is 43.2 Å². The highest BCUT2D eigenvalue weighted by Gasteiger charge is 2.45. The predicted octanol–water partition coefficient (Wildman–Crippen LogP) is 2.94. The number of hydrogen-bond donors (Lipinski definition) is 3. The molecule has 232 valence electrons. The lowest BCUT2D eigenvalue weighted by Crippen LogP contribution is -2.50. The van der Waals surface area contributed by atoms with Gasteiger partial charge in [0.05, 0.1) is 50.4 Å². The van der Waals surface area contributed by atoms with Crippen LogP contribution in [-0.2, 0) is 41.3 Å². The van der Waals surface area contributed by atoms with Gasteiger partial charge in [-0.1, -0.05) is 60.7 Å². The third kappa shape index (κ3) is 7.66. The average molecular weight is 597 g/mol. The Labute approximate surface area is 251 Å². The van der Waals surface area contributed by atoms with Crippen LogP contribution in [0.15, 0.2) is 60.7 Å². The Morgan fingerprint density at radius 1 is 0.744 bits per heavy atom. The second-order valence-corrected chi connectivity index (χ2v) is 11.7. The van der Waals surface area contributed by atoms with E-state index in [1.54, 1.807) is 0 Å². The lowest BCUT2D eigenvalue weighted by atomic mass is 9.94. The van der Waals surface area contributed by atoms with Crippen molar-refractivity contribution in [3.05, 3.63) is 71.8 Å². The molecule has 2 aromatic carbocycles. The van der Waals surface area contributed by atoms with E-state index in [4.69, 9.17) is 28.4 Å². The van der Waals surface area contributed by atoms with E-state index >= 15 is 0 Å². The maximum Gasteiger partial charge on any atom is 0.407 e. The van der Waals surface area contributed by atoms with E-state index in [0.717, 1.165) is 24.0 Å². The van der Waals surface area contributed by atoms with Gasteiger partial charge in [0.2, 0.25) is 0 Å². The number of carbonyl (C=O) groups excluding carboxylic acids is 2. The Kier molecular flexibility index (Phi) is 9.74. The fourth-order valence-corrected chi connectivity index (χ4v) is 6.46. The van der Waals surface area contributed by atoms with Crippen LogP contribution in [0.5, 0.6) is 0 Å². The molecule has 2 aromatic rings. The Hall–Kier alpha value is -3.22.